The summed E-state index contributed by atoms with van der Waals surface area (Å²) in [4.78, 5) is 0. The van der Waals surface area contributed by atoms with Crippen LogP contribution in [-0.2, 0) is 0 Å². The standard InChI is InChI=1S/C10H20.C8H18.2C5H12/c1-3-9-5-7-10(4-2)8-6-9;1-3-5-7-8-6-4-2;2*1-3-5-4-2/h9-10H,3-8H2,1-2H3;3-8H2,1-2H3;2*3-5H2,1-2H3. The van der Waals surface area contributed by atoms with Crippen molar-refractivity contribution >= 4 is 0 Å². The van der Waals surface area contributed by atoms with E-state index in [9.17, 15) is 0 Å². The van der Waals surface area contributed by atoms with Crippen molar-refractivity contribution in [3.8, 4) is 0 Å². The van der Waals surface area contributed by atoms with Gasteiger partial charge in [-0.3, -0.25) is 0 Å². The van der Waals surface area contributed by atoms with Crippen molar-refractivity contribution < 1.29 is 0 Å². The maximum absolute atomic E-state index is 2.33. The highest BCUT2D eigenvalue weighted by Crippen LogP contribution is 2.31. The van der Waals surface area contributed by atoms with Crippen LogP contribution in [0.2, 0.25) is 0 Å². The average molecular weight is 399 g/mol. The van der Waals surface area contributed by atoms with Crippen LogP contribution < -0.4 is 0 Å². The highest BCUT2D eigenvalue weighted by molar-refractivity contribution is 4.70. The van der Waals surface area contributed by atoms with E-state index >= 15 is 0 Å². The minimum atomic E-state index is 1.07. The Morgan fingerprint density at radius 3 is 0.750 bits per heavy atom. The van der Waals surface area contributed by atoms with E-state index in [2.05, 4.69) is 55.4 Å². The quantitative estimate of drug-likeness (QED) is 0.303. The van der Waals surface area contributed by atoms with Gasteiger partial charge in [0.1, 0.15) is 0 Å². The molecular formula is C28H62. The number of hydrogen-bond donors (Lipinski definition) is 0. The predicted octanol–water partition coefficient (Wildman–Crippen LogP) is 11.4. The molecule has 0 heterocycles. The van der Waals surface area contributed by atoms with Gasteiger partial charge in [-0.05, 0) is 11.8 Å². The molecule has 0 atom stereocenters. The van der Waals surface area contributed by atoms with Gasteiger partial charge in [-0.1, -0.05) is 171 Å². The van der Waals surface area contributed by atoms with Crippen molar-refractivity contribution in [2.45, 2.75) is 171 Å². The van der Waals surface area contributed by atoms with Gasteiger partial charge in [0, 0.05) is 0 Å². The first-order chi connectivity index (χ1) is 13.6. The van der Waals surface area contributed by atoms with Crippen molar-refractivity contribution in [3.05, 3.63) is 0 Å². The Hall–Kier alpha value is 0. The van der Waals surface area contributed by atoms with E-state index in [1.54, 1.807) is 0 Å². The summed E-state index contributed by atoms with van der Waals surface area (Å²) in [7, 11) is 0. The van der Waals surface area contributed by atoms with Crippen molar-refractivity contribution in [2.24, 2.45) is 11.8 Å². The molecule has 0 bridgehead atoms. The summed E-state index contributed by atoms with van der Waals surface area (Å²) in [6.45, 7) is 18.0. The summed E-state index contributed by atoms with van der Waals surface area (Å²) >= 11 is 0. The molecule has 1 rings (SSSR count). The molecule has 0 amide bonds. The smallest absolute Gasteiger partial charge is 0.0417 e. The van der Waals surface area contributed by atoms with Crippen LogP contribution in [0.25, 0.3) is 0 Å². The van der Waals surface area contributed by atoms with Gasteiger partial charge in [0.2, 0.25) is 0 Å². The van der Waals surface area contributed by atoms with Crippen LogP contribution in [-0.4, -0.2) is 0 Å². The fourth-order valence-corrected chi connectivity index (χ4v) is 3.61. The molecule has 0 radical (unpaired) electrons. The van der Waals surface area contributed by atoms with Gasteiger partial charge in [-0.2, -0.15) is 0 Å². The zero-order valence-electron chi connectivity index (χ0n) is 21.9. The largest absolute Gasteiger partial charge is 0.0654 e. The van der Waals surface area contributed by atoms with Gasteiger partial charge in [-0.15, -0.1) is 0 Å². The molecule has 28 heavy (non-hydrogen) atoms. The Bertz CT molecular complexity index is 184. The molecule has 1 aliphatic carbocycles. The van der Waals surface area contributed by atoms with Crippen LogP contribution in [0.15, 0.2) is 0 Å². The van der Waals surface area contributed by atoms with Gasteiger partial charge < -0.3 is 0 Å². The topological polar surface area (TPSA) is 0 Å². The molecule has 0 saturated heterocycles. The molecule has 1 saturated carbocycles. The van der Waals surface area contributed by atoms with Gasteiger partial charge >= 0.3 is 0 Å². The van der Waals surface area contributed by atoms with Crippen molar-refractivity contribution in [3.63, 3.8) is 0 Å². The lowest BCUT2D eigenvalue weighted by molar-refractivity contribution is 0.264. The van der Waals surface area contributed by atoms with Gasteiger partial charge in [0.05, 0.1) is 0 Å². The maximum atomic E-state index is 2.33. The Morgan fingerprint density at radius 1 is 0.357 bits per heavy atom. The van der Waals surface area contributed by atoms with E-state index in [-0.39, 0.29) is 0 Å². The van der Waals surface area contributed by atoms with Gasteiger partial charge in [-0.25, -0.2) is 0 Å². The van der Waals surface area contributed by atoms with E-state index in [4.69, 9.17) is 0 Å². The fraction of sp³-hybridized carbons (Fsp3) is 1.00. The molecule has 0 aromatic rings. The fourth-order valence-electron chi connectivity index (χ4n) is 3.61. The van der Waals surface area contributed by atoms with E-state index in [1.165, 1.54) is 116 Å². The number of unbranched alkanes of at least 4 members (excludes halogenated alkanes) is 9. The molecule has 0 heteroatoms. The lowest BCUT2D eigenvalue weighted by Crippen LogP contribution is -2.12. The first kappa shape index (κ1) is 32.7. The lowest BCUT2D eigenvalue weighted by Gasteiger charge is -2.26. The second-order valence-corrected chi connectivity index (χ2v) is 8.82. The summed E-state index contributed by atoms with van der Waals surface area (Å²) in [5, 5.41) is 0. The molecule has 0 aromatic carbocycles. The molecule has 0 nitrogen and oxygen atoms in total. The van der Waals surface area contributed by atoms with E-state index in [1.807, 2.05) is 0 Å². The second kappa shape index (κ2) is 31.7. The average Bonchev–Trinajstić information content (AvgIpc) is 2.74. The van der Waals surface area contributed by atoms with Gasteiger partial charge in [0.25, 0.3) is 0 Å². The third-order valence-corrected chi connectivity index (χ3v) is 5.99. The van der Waals surface area contributed by atoms with E-state index in [0.717, 1.165) is 11.8 Å². The molecule has 0 aliphatic heterocycles. The van der Waals surface area contributed by atoms with Crippen LogP contribution >= 0.6 is 0 Å². The molecule has 0 aromatic heterocycles. The van der Waals surface area contributed by atoms with Crippen LogP contribution in [0.4, 0.5) is 0 Å². The van der Waals surface area contributed by atoms with Crippen molar-refractivity contribution in [2.75, 3.05) is 0 Å². The Labute approximate surface area is 183 Å². The highest BCUT2D eigenvalue weighted by Gasteiger charge is 2.17. The SMILES string of the molecule is CCC1CCC(CC)CC1.CCCCC.CCCCC.CCCCCCCC. The number of rotatable bonds is 11. The van der Waals surface area contributed by atoms with Crippen molar-refractivity contribution in [1.29, 1.82) is 0 Å². The molecule has 0 N–H and O–H groups in total. The monoisotopic (exact) mass is 398 g/mol. The summed E-state index contributed by atoms with van der Waals surface area (Å²) in [5.41, 5.74) is 0. The van der Waals surface area contributed by atoms with Crippen LogP contribution in [0, 0.1) is 11.8 Å². The molecule has 174 valence electrons. The summed E-state index contributed by atoms with van der Waals surface area (Å²) in [5.74, 6) is 2.14. The van der Waals surface area contributed by atoms with Crippen LogP contribution in [0.5, 0.6) is 0 Å². The zero-order chi connectivity index (χ0) is 21.9. The zero-order valence-corrected chi connectivity index (χ0v) is 21.9. The van der Waals surface area contributed by atoms with Crippen molar-refractivity contribution in [1.82, 2.24) is 0 Å². The predicted molar refractivity (Wildman–Crippen MR) is 135 cm³/mol. The van der Waals surface area contributed by atoms with Crippen LogP contribution in [0.1, 0.15) is 171 Å². The number of hydrogen-bond acceptors (Lipinski definition) is 0. The third kappa shape index (κ3) is 30.7. The minimum Gasteiger partial charge on any atom is -0.0654 e. The summed E-state index contributed by atoms with van der Waals surface area (Å²) in [6, 6.07) is 0. The van der Waals surface area contributed by atoms with E-state index in [0.29, 0.717) is 0 Å². The lowest BCUT2D eigenvalue weighted by atomic mass is 9.80. The molecule has 0 unspecified atom stereocenters. The van der Waals surface area contributed by atoms with Gasteiger partial charge in [0.15, 0.2) is 0 Å². The first-order valence-corrected chi connectivity index (χ1v) is 13.6. The Kier molecular flexibility index (Phi) is 37.0. The molecule has 1 fully saturated rings. The first-order valence-electron chi connectivity index (χ1n) is 13.6. The molecule has 0 spiro atoms. The Morgan fingerprint density at radius 2 is 0.607 bits per heavy atom. The molecular weight excluding hydrogens is 336 g/mol. The third-order valence-electron chi connectivity index (χ3n) is 5.99. The molecule has 1 aliphatic rings. The normalized spacial score (nSPS) is 18.0. The maximum Gasteiger partial charge on any atom is -0.0417 e. The minimum absolute atomic E-state index is 1.07. The van der Waals surface area contributed by atoms with E-state index < -0.39 is 0 Å². The Balaban J connectivity index is -0.000000313. The summed E-state index contributed by atoms with van der Waals surface area (Å²) in [6.07, 6.45) is 25.5. The highest BCUT2D eigenvalue weighted by atomic mass is 14.2. The van der Waals surface area contributed by atoms with Crippen LogP contribution in [0.3, 0.4) is 0 Å². The summed E-state index contributed by atoms with van der Waals surface area (Å²) < 4.78 is 0. The second-order valence-electron chi connectivity index (χ2n) is 8.82.